The standard InChI is InChI=1S/C24H22F4N2O2/c1-32-21-4-2-3-20(15-21)30(23(31)22(29)17-7-11-19(25)12-8-17)14-13-16-5-9-18(10-6-16)24(26,27)28/h2-12,15,22H,13-14,29H2,1H3/t22-/m0/s1. The van der Waals surface area contributed by atoms with E-state index >= 15 is 0 Å². The lowest BCUT2D eigenvalue weighted by atomic mass is 10.0. The molecule has 0 aromatic heterocycles. The highest BCUT2D eigenvalue weighted by molar-refractivity contribution is 5.97. The Balaban J connectivity index is 1.85. The molecule has 0 unspecified atom stereocenters. The number of anilines is 1. The minimum atomic E-state index is -4.41. The minimum absolute atomic E-state index is 0.173. The van der Waals surface area contributed by atoms with Crippen LogP contribution < -0.4 is 15.4 Å². The van der Waals surface area contributed by atoms with Crippen LogP contribution in [-0.4, -0.2) is 19.6 Å². The van der Waals surface area contributed by atoms with Crippen LogP contribution in [0.1, 0.15) is 22.7 Å². The second-order valence-electron chi connectivity index (χ2n) is 7.17. The maximum absolute atomic E-state index is 13.3. The highest BCUT2D eigenvalue weighted by Crippen LogP contribution is 2.29. The molecule has 4 nitrogen and oxygen atoms in total. The molecule has 3 rings (SSSR count). The Labute approximate surface area is 183 Å². The van der Waals surface area contributed by atoms with Gasteiger partial charge in [0.2, 0.25) is 5.91 Å². The molecule has 0 saturated carbocycles. The smallest absolute Gasteiger partial charge is 0.416 e. The molecule has 0 aliphatic heterocycles. The van der Waals surface area contributed by atoms with E-state index in [2.05, 4.69) is 0 Å². The van der Waals surface area contributed by atoms with Gasteiger partial charge in [0.1, 0.15) is 17.6 Å². The van der Waals surface area contributed by atoms with E-state index in [1.54, 1.807) is 24.3 Å². The normalized spacial score (nSPS) is 12.3. The summed E-state index contributed by atoms with van der Waals surface area (Å²) in [6, 6.07) is 15.9. The van der Waals surface area contributed by atoms with E-state index in [1.165, 1.54) is 48.4 Å². The van der Waals surface area contributed by atoms with Crippen molar-refractivity contribution in [3.63, 3.8) is 0 Å². The number of benzene rings is 3. The molecular formula is C24H22F4N2O2. The van der Waals surface area contributed by atoms with Crippen LogP contribution in [0.15, 0.2) is 72.8 Å². The molecule has 8 heteroatoms. The van der Waals surface area contributed by atoms with E-state index in [9.17, 15) is 22.4 Å². The largest absolute Gasteiger partial charge is 0.497 e. The van der Waals surface area contributed by atoms with Gasteiger partial charge in [0.05, 0.1) is 12.7 Å². The molecule has 0 aliphatic carbocycles. The van der Waals surface area contributed by atoms with Crippen LogP contribution in [0.3, 0.4) is 0 Å². The second kappa shape index (κ2) is 9.82. The van der Waals surface area contributed by atoms with Crippen LogP contribution in [-0.2, 0) is 17.4 Å². The van der Waals surface area contributed by atoms with Gasteiger partial charge < -0.3 is 15.4 Å². The number of hydrogen-bond acceptors (Lipinski definition) is 3. The minimum Gasteiger partial charge on any atom is -0.497 e. The molecular weight excluding hydrogens is 424 g/mol. The molecule has 2 N–H and O–H groups in total. The summed E-state index contributed by atoms with van der Waals surface area (Å²) in [7, 11) is 1.50. The Morgan fingerprint density at radius 1 is 1.03 bits per heavy atom. The lowest BCUT2D eigenvalue weighted by Gasteiger charge is -2.26. The number of carbonyl (C=O) groups is 1. The van der Waals surface area contributed by atoms with Crippen LogP contribution in [0.25, 0.3) is 0 Å². The number of methoxy groups -OCH3 is 1. The first kappa shape index (κ1) is 23.3. The monoisotopic (exact) mass is 446 g/mol. The van der Waals surface area contributed by atoms with Crippen molar-refractivity contribution < 1.29 is 27.1 Å². The number of amides is 1. The summed E-state index contributed by atoms with van der Waals surface area (Å²) >= 11 is 0. The van der Waals surface area contributed by atoms with Crippen molar-refractivity contribution in [2.75, 3.05) is 18.6 Å². The summed E-state index contributed by atoms with van der Waals surface area (Å²) in [6.45, 7) is 0.173. The molecule has 0 radical (unpaired) electrons. The van der Waals surface area contributed by atoms with Gasteiger partial charge in [-0.15, -0.1) is 0 Å². The van der Waals surface area contributed by atoms with E-state index in [0.29, 0.717) is 29.0 Å². The first-order chi connectivity index (χ1) is 15.2. The van der Waals surface area contributed by atoms with E-state index < -0.39 is 29.5 Å². The number of halogens is 4. The lowest BCUT2D eigenvalue weighted by molar-refractivity contribution is -0.137. The van der Waals surface area contributed by atoms with Crippen molar-refractivity contribution in [1.82, 2.24) is 0 Å². The Bertz CT molecular complexity index is 1050. The zero-order valence-corrected chi connectivity index (χ0v) is 17.3. The second-order valence-corrected chi connectivity index (χ2v) is 7.17. The number of nitrogens with zero attached hydrogens (tertiary/aromatic N) is 1. The molecule has 32 heavy (non-hydrogen) atoms. The average molecular weight is 446 g/mol. The molecule has 0 spiro atoms. The summed E-state index contributed by atoms with van der Waals surface area (Å²) in [5, 5.41) is 0. The van der Waals surface area contributed by atoms with Crippen LogP contribution in [0, 0.1) is 5.82 Å². The number of alkyl halides is 3. The van der Waals surface area contributed by atoms with Crippen molar-refractivity contribution in [3.05, 3.63) is 95.3 Å². The highest BCUT2D eigenvalue weighted by atomic mass is 19.4. The first-order valence-corrected chi connectivity index (χ1v) is 9.81. The Morgan fingerprint density at radius 2 is 1.69 bits per heavy atom. The zero-order valence-electron chi connectivity index (χ0n) is 17.3. The van der Waals surface area contributed by atoms with Gasteiger partial charge in [0.15, 0.2) is 0 Å². The quantitative estimate of drug-likeness (QED) is 0.512. The fraction of sp³-hybridized carbons (Fsp3) is 0.208. The summed E-state index contributed by atoms with van der Waals surface area (Å²) < 4.78 is 56.9. The van der Waals surface area contributed by atoms with Gasteiger partial charge in [-0.2, -0.15) is 13.2 Å². The Morgan fingerprint density at radius 3 is 2.28 bits per heavy atom. The van der Waals surface area contributed by atoms with Crippen LogP contribution >= 0.6 is 0 Å². The summed E-state index contributed by atoms with van der Waals surface area (Å²) in [4.78, 5) is 14.7. The maximum Gasteiger partial charge on any atom is 0.416 e. The molecule has 0 aliphatic rings. The molecule has 1 amide bonds. The topological polar surface area (TPSA) is 55.6 Å². The molecule has 0 saturated heterocycles. The fourth-order valence-electron chi connectivity index (χ4n) is 3.23. The number of ether oxygens (including phenoxy) is 1. The number of hydrogen-bond donors (Lipinski definition) is 1. The van der Waals surface area contributed by atoms with Gasteiger partial charge in [-0.3, -0.25) is 4.79 Å². The third kappa shape index (κ3) is 5.64. The van der Waals surface area contributed by atoms with Gasteiger partial charge in [-0.25, -0.2) is 4.39 Å². The van der Waals surface area contributed by atoms with Crippen LogP contribution in [0.5, 0.6) is 5.75 Å². The molecule has 3 aromatic carbocycles. The van der Waals surface area contributed by atoms with Gasteiger partial charge in [0, 0.05) is 18.3 Å². The first-order valence-electron chi connectivity index (χ1n) is 9.81. The van der Waals surface area contributed by atoms with E-state index in [0.717, 1.165) is 12.1 Å². The van der Waals surface area contributed by atoms with E-state index in [1.807, 2.05) is 0 Å². The molecule has 0 fully saturated rings. The Hall–Kier alpha value is -3.39. The molecule has 168 valence electrons. The fourth-order valence-corrected chi connectivity index (χ4v) is 3.23. The van der Waals surface area contributed by atoms with Crippen molar-refractivity contribution in [2.24, 2.45) is 5.73 Å². The maximum atomic E-state index is 13.3. The van der Waals surface area contributed by atoms with E-state index in [-0.39, 0.29) is 6.54 Å². The molecule has 0 heterocycles. The van der Waals surface area contributed by atoms with Crippen molar-refractivity contribution in [3.8, 4) is 5.75 Å². The van der Waals surface area contributed by atoms with Gasteiger partial charge in [-0.05, 0) is 53.9 Å². The summed E-state index contributed by atoms with van der Waals surface area (Å²) in [6.07, 6.45) is -4.11. The average Bonchev–Trinajstić information content (AvgIpc) is 2.79. The SMILES string of the molecule is COc1cccc(N(CCc2ccc(C(F)(F)F)cc2)C(=O)[C@@H](N)c2ccc(F)cc2)c1. The van der Waals surface area contributed by atoms with Gasteiger partial charge in [-0.1, -0.05) is 30.3 Å². The van der Waals surface area contributed by atoms with E-state index in [4.69, 9.17) is 10.5 Å². The number of nitrogens with two attached hydrogens (primary N) is 1. The summed E-state index contributed by atoms with van der Waals surface area (Å²) in [5.41, 5.74) is 7.03. The van der Waals surface area contributed by atoms with Crippen molar-refractivity contribution >= 4 is 11.6 Å². The summed E-state index contributed by atoms with van der Waals surface area (Å²) in [5.74, 6) is -0.345. The van der Waals surface area contributed by atoms with Crippen LogP contribution in [0.2, 0.25) is 0 Å². The van der Waals surface area contributed by atoms with Gasteiger partial charge in [0.25, 0.3) is 0 Å². The van der Waals surface area contributed by atoms with Crippen molar-refractivity contribution in [2.45, 2.75) is 18.6 Å². The number of carbonyl (C=O) groups excluding carboxylic acids is 1. The highest BCUT2D eigenvalue weighted by Gasteiger charge is 2.30. The van der Waals surface area contributed by atoms with Crippen molar-refractivity contribution in [1.29, 1.82) is 0 Å². The molecule has 1 atom stereocenters. The lowest BCUT2D eigenvalue weighted by Crippen LogP contribution is -2.40. The Kier molecular flexibility index (Phi) is 7.15. The third-order valence-electron chi connectivity index (χ3n) is 5.03. The zero-order chi connectivity index (χ0) is 23.3. The van der Waals surface area contributed by atoms with Gasteiger partial charge >= 0.3 is 6.18 Å². The van der Waals surface area contributed by atoms with Crippen LogP contribution in [0.4, 0.5) is 23.2 Å². The third-order valence-corrected chi connectivity index (χ3v) is 5.03. The molecule has 0 bridgehead atoms. The molecule has 3 aromatic rings. The number of rotatable bonds is 7. The predicted molar refractivity (Wildman–Crippen MR) is 114 cm³/mol. The predicted octanol–water partition coefficient (Wildman–Crippen LogP) is 5.13.